The molecule has 1 saturated carbocycles. The first-order valence-corrected chi connectivity index (χ1v) is 8.66. The Balaban J connectivity index is 2.30. The molecule has 0 radical (unpaired) electrons. The van der Waals surface area contributed by atoms with E-state index in [1.807, 2.05) is 45.2 Å². The van der Waals surface area contributed by atoms with Crippen molar-refractivity contribution in [3.05, 3.63) is 46.5 Å². The first kappa shape index (κ1) is 17.9. The maximum atomic E-state index is 10.0. The van der Waals surface area contributed by atoms with Gasteiger partial charge in [-0.15, -0.1) is 0 Å². The van der Waals surface area contributed by atoms with Crippen molar-refractivity contribution in [2.75, 3.05) is 20.1 Å². The minimum absolute atomic E-state index is 0.0815. The molecule has 3 rings (SSSR count). The Hall–Kier alpha value is -2.94. The molecule has 1 heterocycles. The lowest BCUT2D eigenvalue weighted by atomic mass is 9.54. The van der Waals surface area contributed by atoms with Gasteiger partial charge in [-0.25, -0.2) is 0 Å². The number of fused-ring (bicyclic) bond motifs is 1. The van der Waals surface area contributed by atoms with Crippen LogP contribution in [0.4, 0.5) is 0 Å². The minimum Gasteiger partial charge on any atom is -0.305 e. The van der Waals surface area contributed by atoms with Crippen molar-refractivity contribution in [3.63, 3.8) is 0 Å². The number of hydrogen-bond donors (Lipinski definition) is 1. The third-order valence-electron chi connectivity index (χ3n) is 5.73. The summed E-state index contributed by atoms with van der Waals surface area (Å²) in [5, 5.41) is 38.3. The number of rotatable bonds is 1. The molecule has 1 aromatic carbocycles. The predicted molar refractivity (Wildman–Crippen MR) is 98.2 cm³/mol. The average molecular weight is 343 g/mol. The van der Waals surface area contributed by atoms with Crippen LogP contribution >= 0.6 is 0 Å². The Morgan fingerprint density at radius 3 is 2.46 bits per heavy atom. The lowest BCUT2D eigenvalue weighted by Gasteiger charge is -2.47. The van der Waals surface area contributed by atoms with E-state index in [9.17, 15) is 15.8 Å². The van der Waals surface area contributed by atoms with E-state index in [-0.39, 0.29) is 11.6 Å². The molecule has 1 N–H and O–H groups in total. The van der Waals surface area contributed by atoms with Crippen LogP contribution in [0, 0.1) is 70.5 Å². The summed E-state index contributed by atoms with van der Waals surface area (Å²) < 4.78 is 0. The SMILES string of the molecule is Cc1ccc([C@H]2[C@@H]3CN(C)CC=C3[C@@H](C#N)C(=N)C2(C#N)C#N)c(C)c1. The van der Waals surface area contributed by atoms with E-state index < -0.39 is 17.3 Å². The molecule has 0 amide bonds. The second-order valence-corrected chi connectivity index (χ2v) is 7.38. The smallest absolute Gasteiger partial charge is 0.189 e. The van der Waals surface area contributed by atoms with E-state index in [1.54, 1.807) is 0 Å². The van der Waals surface area contributed by atoms with Gasteiger partial charge in [-0.1, -0.05) is 29.8 Å². The molecule has 5 nitrogen and oxygen atoms in total. The van der Waals surface area contributed by atoms with Crippen molar-refractivity contribution in [3.8, 4) is 18.2 Å². The van der Waals surface area contributed by atoms with Crippen LogP contribution < -0.4 is 0 Å². The highest BCUT2D eigenvalue weighted by Gasteiger charge is 2.57. The normalized spacial score (nSPS) is 27.5. The van der Waals surface area contributed by atoms with E-state index >= 15 is 0 Å². The van der Waals surface area contributed by atoms with Gasteiger partial charge in [0, 0.05) is 24.9 Å². The van der Waals surface area contributed by atoms with Crippen molar-refractivity contribution >= 4 is 5.71 Å². The van der Waals surface area contributed by atoms with Gasteiger partial charge in [0.15, 0.2) is 5.41 Å². The Kier molecular flexibility index (Phi) is 4.41. The standard InChI is InChI=1S/C21H21N5/c1-13-4-5-15(14(2)8-13)19-18-10-26(3)7-6-16(18)17(9-22)20(25)21(19,11-23)12-24/h4-6,8,17-19,25H,7,10H2,1-3H3/t17-,18-,19+/m1/s1. The molecular formula is C21H21N5. The molecule has 1 aromatic rings. The number of nitriles is 3. The molecule has 2 aliphatic rings. The number of likely N-dealkylation sites (N-methyl/N-ethyl adjacent to an activating group) is 1. The first-order valence-electron chi connectivity index (χ1n) is 8.66. The van der Waals surface area contributed by atoms with Gasteiger partial charge < -0.3 is 10.3 Å². The van der Waals surface area contributed by atoms with Gasteiger partial charge in [0.25, 0.3) is 0 Å². The van der Waals surface area contributed by atoms with Gasteiger partial charge >= 0.3 is 0 Å². The van der Waals surface area contributed by atoms with Gasteiger partial charge in [-0.2, -0.15) is 15.8 Å². The van der Waals surface area contributed by atoms with Crippen LogP contribution in [0.2, 0.25) is 0 Å². The van der Waals surface area contributed by atoms with Crippen molar-refractivity contribution in [2.45, 2.75) is 19.8 Å². The first-order chi connectivity index (χ1) is 12.4. The molecule has 0 bridgehead atoms. The fourth-order valence-electron chi connectivity index (χ4n) is 4.47. The maximum Gasteiger partial charge on any atom is 0.189 e. The van der Waals surface area contributed by atoms with Crippen LogP contribution in [-0.2, 0) is 0 Å². The third kappa shape index (κ3) is 2.43. The summed E-state index contributed by atoms with van der Waals surface area (Å²) in [5.41, 5.74) is 2.24. The molecule has 3 atom stereocenters. The average Bonchev–Trinajstić information content (AvgIpc) is 2.62. The lowest BCUT2D eigenvalue weighted by molar-refractivity contribution is 0.234. The largest absolute Gasteiger partial charge is 0.305 e. The number of aryl methyl sites for hydroxylation is 2. The number of hydrogen-bond acceptors (Lipinski definition) is 5. The van der Waals surface area contributed by atoms with Crippen molar-refractivity contribution in [1.82, 2.24) is 4.90 Å². The minimum atomic E-state index is -1.62. The molecule has 0 spiro atoms. The zero-order valence-electron chi connectivity index (χ0n) is 15.2. The van der Waals surface area contributed by atoms with E-state index in [1.165, 1.54) is 0 Å². The topological polar surface area (TPSA) is 98.5 Å². The van der Waals surface area contributed by atoms with Crippen molar-refractivity contribution in [1.29, 1.82) is 21.2 Å². The second kappa shape index (κ2) is 6.41. The van der Waals surface area contributed by atoms with Gasteiger partial charge in [-0.05, 0) is 37.6 Å². The third-order valence-corrected chi connectivity index (χ3v) is 5.73. The Morgan fingerprint density at radius 2 is 1.88 bits per heavy atom. The summed E-state index contributed by atoms with van der Waals surface area (Å²) in [6.45, 7) is 5.37. The molecule has 1 aliphatic heterocycles. The predicted octanol–water partition coefficient (Wildman–Crippen LogP) is 3.08. The summed E-state index contributed by atoms with van der Waals surface area (Å²) in [6.07, 6.45) is 2.01. The summed E-state index contributed by atoms with van der Waals surface area (Å²) in [7, 11) is 1.99. The van der Waals surface area contributed by atoms with Crippen LogP contribution in [0.3, 0.4) is 0 Å². The lowest BCUT2D eigenvalue weighted by Crippen LogP contribution is -2.52. The molecule has 26 heavy (non-hydrogen) atoms. The summed E-state index contributed by atoms with van der Waals surface area (Å²) in [4.78, 5) is 2.13. The zero-order chi connectivity index (χ0) is 19.1. The number of nitrogens with one attached hydrogen (secondary N) is 1. The summed E-state index contributed by atoms with van der Waals surface area (Å²) in [5.74, 6) is -1.38. The summed E-state index contributed by atoms with van der Waals surface area (Å²) in [6, 6.07) is 12.5. The highest BCUT2D eigenvalue weighted by Crippen LogP contribution is 2.53. The molecule has 130 valence electrons. The Morgan fingerprint density at radius 1 is 1.19 bits per heavy atom. The monoisotopic (exact) mass is 343 g/mol. The highest BCUT2D eigenvalue weighted by molar-refractivity contribution is 6.00. The van der Waals surface area contributed by atoms with E-state index in [4.69, 9.17) is 5.41 Å². The van der Waals surface area contributed by atoms with E-state index in [0.717, 1.165) is 22.3 Å². The highest BCUT2D eigenvalue weighted by atomic mass is 15.1. The zero-order valence-corrected chi connectivity index (χ0v) is 15.2. The molecule has 1 fully saturated rings. The van der Waals surface area contributed by atoms with Crippen molar-refractivity contribution < 1.29 is 0 Å². The van der Waals surface area contributed by atoms with Crippen LogP contribution in [0.25, 0.3) is 0 Å². The molecule has 0 unspecified atom stereocenters. The second-order valence-electron chi connectivity index (χ2n) is 7.38. The van der Waals surface area contributed by atoms with Gasteiger partial charge in [0.1, 0.15) is 5.92 Å². The van der Waals surface area contributed by atoms with Crippen LogP contribution in [-0.4, -0.2) is 30.7 Å². The van der Waals surface area contributed by atoms with Gasteiger partial charge in [-0.3, -0.25) is 0 Å². The maximum absolute atomic E-state index is 10.0. The molecule has 0 saturated heterocycles. The van der Waals surface area contributed by atoms with Gasteiger partial charge in [0.05, 0.1) is 23.9 Å². The van der Waals surface area contributed by atoms with Crippen LogP contribution in [0.1, 0.15) is 22.6 Å². The molecule has 1 aliphatic carbocycles. The fraction of sp³-hybridized carbons (Fsp3) is 0.429. The summed E-state index contributed by atoms with van der Waals surface area (Å²) >= 11 is 0. The molecule has 0 aromatic heterocycles. The molecular weight excluding hydrogens is 322 g/mol. The van der Waals surface area contributed by atoms with E-state index in [2.05, 4.69) is 23.1 Å². The number of nitrogens with zero attached hydrogens (tertiary/aromatic N) is 4. The van der Waals surface area contributed by atoms with Crippen LogP contribution in [0.15, 0.2) is 29.8 Å². The van der Waals surface area contributed by atoms with Crippen molar-refractivity contribution in [2.24, 2.45) is 17.3 Å². The Bertz CT molecular complexity index is 907. The fourth-order valence-corrected chi connectivity index (χ4v) is 4.47. The number of benzene rings is 1. The Labute approximate surface area is 154 Å². The van der Waals surface area contributed by atoms with Crippen LogP contribution in [0.5, 0.6) is 0 Å². The molecule has 5 heteroatoms. The van der Waals surface area contributed by atoms with Gasteiger partial charge in [0.2, 0.25) is 0 Å². The quantitative estimate of drug-likeness (QED) is 0.792. The van der Waals surface area contributed by atoms with E-state index in [0.29, 0.717) is 13.1 Å².